The summed E-state index contributed by atoms with van der Waals surface area (Å²) < 4.78 is 0. The molecular weight excluding hydrogens is 418 g/mol. The van der Waals surface area contributed by atoms with Gasteiger partial charge in [0.25, 0.3) is 0 Å². The smallest absolute Gasteiger partial charge is 0.226 e. The molecule has 0 aliphatic carbocycles. The van der Waals surface area contributed by atoms with Crippen LogP contribution in [0.3, 0.4) is 0 Å². The number of nitrogens with one attached hydrogen (secondary N) is 1. The first kappa shape index (κ1) is 22.5. The van der Waals surface area contributed by atoms with Crippen LogP contribution in [0.4, 0.5) is 0 Å². The van der Waals surface area contributed by atoms with Crippen molar-refractivity contribution in [2.75, 3.05) is 19.6 Å². The molecule has 1 atom stereocenters. The van der Waals surface area contributed by atoms with E-state index in [9.17, 15) is 4.79 Å². The highest BCUT2D eigenvalue weighted by Crippen LogP contribution is 2.31. The molecule has 0 saturated carbocycles. The SMILES string of the molecule is O=C(C1CCNCC1)N(CCCc1ccccc1)[C@H](c1ccc(Cl)cc1)c1ccccn1. The van der Waals surface area contributed by atoms with Crippen molar-refractivity contribution < 1.29 is 4.79 Å². The molecule has 1 amide bonds. The number of halogens is 1. The molecule has 1 aliphatic rings. The summed E-state index contributed by atoms with van der Waals surface area (Å²) in [4.78, 5) is 20.6. The molecule has 1 N–H and O–H groups in total. The first-order valence-electron chi connectivity index (χ1n) is 11.4. The average Bonchev–Trinajstić information content (AvgIpc) is 2.86. The molecule has 1 saturated heterocycles. The van der Waals surface area contributed by atoms with Crippen molar-refractivity contribution in [3.05, 3.63) is 101 Å². The molecule has 2 aromatic carbocycles. The number of aryl methyl sites for hydroxylation is 1. The summed E-state index contributed by atoms with van der Waals surface area (Å²) >= 11 is 6.17. The van der Waals surface area contributed by atoms with Crippen molar-refractivity contribution in [1.82, 2.24) is 15.2 Å². The van der Waals surface area contributed by atoms with Gasteiger partial charge in [0, 0.05) is 23.7 Å². The van der Waals surface area contributed by atoms with Crippen molar-refractivity contribution in [3.63, 3.8) is 0 Å². The minimum atomic E-state index is -0.230. The van der Waals surface area contributed by atoms with Crippen LogP contribution < -0.4 is 5.32 Å². The van der Waals surface area contributed by atoms with Gasteiger partial charge in [-0.15, -0.1) is 0 Å². The fourth-order valence-corrected chi connectivity index (χ4v) is 4.59. The molecule has 4 rings (SSSR count). The number of benzene rings is 2. The van der Waals surface area contributed by atoms with Crippen LogP contribution in [0, 0.1) is 5.92 Å². The molecule has 166 valence electrons. The predicted molar refractivity (Wildman–Crippen MR) is 130 cm³/mol. The Morgan fingerprint density at radius 3 is 2.41 bits per heavy atom. The summed E-state index contributed by atoms with van der Waals surface area (Å²) in [6, 6.07) is 24.0. The molecule has 4 nitrogen and oxygen atoms in total. The summed E-state index contributed by atoms with van der Waals surface area (Å²) in [5, 5.41) is 4.06. The zero-order valence-electron chi connectivity index (χ0n) is 18.3. The summed E-state index contributed by atoms with van der Waals surface area (Å²) in [7, 11) is 0. The van der Waals surface area contributed by atoms with E-state index in [0.717, 1.165) is 50.0 Å². The Kier molecular flexibility index (Phi) is 7.92. The Labute approximate surface area is 195 Å². The number of nitrogens with zero attached hydrogens (tertiary/aromatic N) is 2. The van der Waals surface area contributed by atoms with Gasteiger partial charge in [-0.1, -0.05) is 60.1 Å². The largest absolute Gasteiger partial charge is 0.330 e. The van der Waals surface area contributed by atoms with Crippen molar-refractivity contribution in [1.29, 1.82) is 0 Å². The second kappa shape index (κ2) is 11.3. The topological polar surface area (TPSA) is 45.2 Å². The molecule has 0 unspecified atom stereocenters. The molecule has 1 aromatic heterocycles. The lowest BCUT2D eigenvalue weighted by Gasteiger charge is -2.36. The van der Waals surface area contributed by atoms with Crippen molar-refractivity contribution >= 4 is 17.5 Å². The van der Waals surface area contributed by atoms with Crippen LogP contribution in [0.25, 0.3) is 0 Å². The quantitative estimate of drug-likeness (QED) is 0.510. The van der Waals surface area contributed by atoms with Crippen molar-refractivity contribution in [2.45, 2.75) is 31.7 Å². The van der Waals surface area contributed by atoms with Gasteiger partial charge in [-0.05, 0) is 74.2 Å². The van der Waals surface area contributed by atoms with E-state index in [1.54, 1.807) is 6.20 Å². The average molecular weight is 448 g/mol. The Bertz CT molecular complexity index is 973. The van der Waals surface area contributed by atoms with Gasteiger partial charge in [0.1, 0.15) is 0 Å². The number of amides is 1. The van der Waals surface area contributed by atoms with Crippen LogP contribution in [0.2, 0.25) is 5.02 Å². The standard InChI is InChI=1S/C27H30ClN3O/c28-24-13-11-22(12-14-24)26(25-10-4-5-17-30-25)31(27(32)23-15-18-29-19-16-23)20-6-9-21-7-2-1-3-8-21/h1-5,7-8,10-14,17,23,26,29H,6,9,15-16,18-20H2/t26-/m1/s1. The lowest BCUT2D eigenvalue weighted by molar-refractivity contribution is -0.138. The van der Waals surface area contributed by atoms with Crippen LogP contribution in [0.5, 0.6) is 0 Å². The van der Waals surface area contributed by atoms with Crippen molar-refractivity contribution in [3.8, 4) is 0 Å². The van der Waals surface area contributed by atoms with Crippen molar-refractivity contribution in [2.24, 2.45) is 5.92 Å². The van der Waals surface area contributed by atoms with E-state index in [1.165, 1.54) is 5.56 Å². The van der Waals surface area contributed by atoms with Crippen LogP contribution >= 0.6 is 11.6 Å². The lowest BCUT2D eigenvalue weighted by atomic mass is 9.93. The van der Waals surface area contributed by atoms with E-state index in [-0.39, 0.29) is 17.9 Å². The highest BCUT2D eigenvalue weighted by atomic mass is 35.5. The van der Waals surface area contributed by atoms with Crippen LogP contribution in [0.15, 0.2) is 79.0 Å². The molecule has 3 aromatic rings. The van der Waals surface area contributed by atoms with Gasteiger partial charge >= 0.3 is 0 Å². The summed E-state index contributed by atoms with van der Waals surface area (Å²) in [5.74, 6) is 0.275. The molecule has 2 heterocycles. The Morgan fingerprint density at radius 2 is 1.72 bits per heavy atom. The molecule has 0 bridgehead atoms. The molecule has 1 fully saturated rings. The molecular formula is C27H30ClN3O. The summed E-state index contributed by atoms with van der Waals surface area (Å²) in [5.41, 5.74) is 3.22. The number of piperidine rings is 1. The first-order chi connectivity index (χ1) is 15.7. The van der Waals surface area contributed by atoms with E-state index in [1.807, 2.05) is 48.5 Å². The third kappa shape index (κ3) is 5.76. The minimum Gasteiger partial charge on any atom is -0.330 e. The molecule has 32 heavy (non-hydrogen) atoms. The number of hydrogen-bond acceptors (Lipinski definition) is 3. The van der Waals surface area contributed by atoms with Gasteiger partial charge in [0.05, 0.1) is 11.7 Å². The highest BCUT2D eigenvalue weighted by molar-refractivity contribution is 6.30. The molecule has 5 heteroatoms. The minimum absolute atomic E-state index is 0.0477. The fraction of sp³-hybridized carbons (Fsp3) is 0.333. The number of pyridine rings is 1. The maximum absolute atomic E-state index is 13.8. The van der Waals surface area contributed by atoms with E-state index in [2.05, 4.69) is 39.5 Å². The Morgan fingerprint density at radius 1 is 1.00 bits per heavy atom. The summed E-state index contributed by atoms with van der Waals surface area (Å²) in [6.07, 6.45) is 5.40. The second-order valence-corrected chi connectivity index (χ2v) is 8.79. The van der Waals surface area contributed by atoms with E-state index < -0.39 is 0 Å². The Balaban J connectivity index is 1.64. The van der Waals surface area contributed by atoms with Gasteiger partial charge in [-0.25, -0.2) is 0 Å². The zero-order chi connectivity index (χ0) is 22.2. The third-order valence-electron chi connectivity index (χ3n) is 6.14. The van der Waals surface area contributed by atoms with E-state index in [0.29, 0.717) is 11.6 Å². The van der Waals surface area contributed by atoms with Gasteiger partial charge in [0.15, 0.2) is 0 Å². The zero-order valence-corrected chi connectivity index (χ0v) is 19.0. The monoisotopic (exact) mass is 447 g/mol. The van der Waals surface area contributed by atoms with E-state index in [4.69, 9.17) is 11.6 Å². The van der Waals surface area contributed by atoms with Gasteiger partial charge in [0.2, 0.25) is 5.91 Å². The number of aromatic nitrogens is 1. The third-order valence-corrected chi connectivity index (χ3v) is 6.40. The second-order valence-electron chi connectivity index (χ2n) is 8.35. The van der Waals surface area contributed by atoms with Crippen LogP contribution in [-0.2, 0) is 11.2 Å². The normalized spacial score (nSPS) is 15.3. The Hall–Kier alpha value is -2.69. The molecule has 1 aliphatic heterocycles. The number of carbonyl (C=O) groups excluding carboxylic acids is 1. The molecule has 0 radical (unpaired) electrons. The lowest BCUT2D eigenvalue weighted by Crippen LogP contribution is -2.44. The number of carbonyl (C=O) groups is 1. The van der Waals surface area contributed by atoms with Crippen LogP contribution in [-0.4, -0.2) is 35.4 Å². The highest BCUT2D eigenvalue weighted by Gasteiger charge is 2.32. The van der Waals surface area contributed by atoms with Crippen LogP contribution in [0.1, 0.15) is 42.1 Å². The maximum Gasteiger partial charge on any atom is 0.226 e. The molecule has 0 spiro atoms. The van der Waals surface area contributed by atoms with Gasteiger partial charge in [-0.2, -0.15) is 0 Å². The summed E-state index contributed by atoms with van der Waals surface area (Å²) in [6.45, 7) is 2.47. The van der Waals surface area contributed by atoms with Gasteiger partial charge < -0.3 is 10.2 Å². The first-order valence-corrected chi connectivity index (χ1v) is 11.8. The maximum atomic E-state index is 13.8. The fourth-order valence-electron chi connectivity index (χ4n) is 4.46. The predicted octanol–water partition coefficient (Wildman–Crippen LogP) is 5.29. The van der Waals surface area contributed by atoms with Gasteiger partial charge in [-0.3, -0.25) is 9.78 Å². The number of rotatable bonds is 8. The number of hydrogen-bond donors (Lipinski definition) is 1. The van der Waals surface area contributed by atoms with E-state index >= 15 is 0 Å².